The monoisotopic (exact) mass is 378 g/mol. The molecule has 7 heteroatoms. The minimum atomic E-state index is -0.619. The minimum absolute atomic E-state index is 0.00326. The highest BCUT2D eigenvalue weighted by molar-refractivity contribution is 8.02. The molecule has 2 aliphatic heterocycles. The van der Waals surface area contributed by atoms with Crippen LogP contribution >= 0.6 is 24.4 Å². The molecular weight excluding hydrogens is 356 g/mol. The lowest BCUT2D eigenvalue weighted by Gasteiger charge is -2.48. The van der Waals surface area contributed by atoms with E-state index in [1.54, 1.807) is 18.7 Å². The van der Waals surface area contributed by atoms with Crippen molar-refractivity contribution in [2.45, 2.75) is 49.1 Å². The second-order valence-electron chi connectivity index (χ2n) is 6.81. The normalized spacial score (nSPS) is 27.9. The predicted octanol–water partition coefficient (Wildman–Crippen LogP) is 2.44. The Bertz CT molecular complexity index is 708. The van der Waals surface area contributed by atoms with Crippen molar-refractivity contribution in [2.24, 2.45) is 0 Å². The number of benzene rings is 1. The van der Waals surface area contributed by atoms with Crippen molar-refractivity contribution in [3.63, 3.8) is 0 Å². The van der Waals surface area contributed by atoms with E-state index in [2.05, 4.69) is 24.5 Å². The van der Waals surface area contributed by atoms with Crippen molar-refractivity contribution in [3.05, 3.63) is 42.6 Å². The molecule has 1 aromatic carbocycles. The molecule has 2 heterocycles. The van der Waals surface area contributed by atoms with Gasteiger partial charge in [-0.2, -0.15) is 0 Å². The number of ether oxygens (including phenoxy) is 1. The Morgan fingerprint density at radius 3 is 2.60 bits per heavy atom. The number of amides is 1. The molecular formula is C18H22N2O3S2. The first kappa shape index (κ1) is 18.2. The van der Waals surface area contributed by atoms with E-state index in [1.807, 2.05) is 49.1 Å². The Morgan fingerprint density at radius 1 is 1.36 bits per heavy atom. The first-order valence-corrected chi connectivity index (χ1v) is 9.45. The summed E-state index contributed by atoms with van der Waals surface area (Å²) in [6, 6.07) is 8.70. The zero-order valence-corrected chi connectivity index (χ0v) is 16.1. The summed E-state index contributed by atoms with van der Waals surface area (Å²) in [5.41, 5.74) is 0.746. The van der Waals surface area contributed by atoms with Crippen LogP contribution < -0.4 is 10.1 Å². The van der Waals surface area contributed by atoms with Gasteiger partial charge in [0, 0.05) is 10.4 Å². The maximum atomic E-state index is 12.5. The highest BCUT2D eigenvalue weighted by atomic mass is 32.2. The number of nitrogens with one attached hydrogen (secondary N) is 1. The number of carbonyl (C=O) groups is 2. The van der Waals surface area contributed by atoms with E-state index < -0.39 is 6.10 Å². The van der Waals surface area contributed by atoms with Crippen molar-refractivity contribution in [2.75, 3.05) is 0 Å². The number of hydrogen-bond acceptors (Lipinski definition) is 5. The van der Waals surface area contributed by atoms with Gasteiger partial charge in [0.05, 0.1) is 6.04 Å². The maximum Gasteiger partial charge on any atom is 0.261 e. The van der Waals surface area contributed by atoms with Gasteiger partial charge in [0.1, 0.15) is 17.2 Å². The van der Waals surface area contributed by atoms with Gasteiger partial charge in [0.2, 0.25) is 5.12 Å². The third kappa shape index (κ3) is 3.27. The van der Waals surface area contributed by atoms with Crippen molar-refractivity contribution in [1.82, 2.24) is 10.2 Å². The van der Waals surface area contributed by atoms with Gasteiger partial charge in [-0.05, 0) is 32.9 Å². The quantitative estimate of drug-likeness (QED) is 0.771. The Hall–Kier alpha value is -1.60. The van der Waals surface area contributed by atoms with Crippen molar-refractivity contribution >= 4 is 35.4 Å². The molecule has 0 aliphatic carbocycles. The number of thiol groups is 1. The fourth-order valence-electron chi connectivity index (χ4n) is 3.31. The van der Waals surface area contributed by atoms with Crippen LogP contribution in [-0.2, 0) is 9.59 Å². The summed E-state index contributed by atoms with van der Waals surface area (Å²) in [6.45, 7) is 9.80. The first-order chi connectivity index (χ1) is 11.7. The van der Waals surface area contributed by atoms with Crippen molar-refractivity contribution in [3.8, 4) is 5.75 Å². The molecule has 2 fully saturated rings. The van der Waals surface area contributed by atoms with E-state index in [-0.39, 0.29) is 33.2 Å². The molecule has 25 heavy (non-hydrogen) atoms. The summed E-state index contributed by atoms with van der Waals surface area (Å²) in [5.74, 6) is 0.449. The predicted molar refractivity (Wildman–Crippen MR) is 103 cm³/mol. The molecule has 2 aliphatic rings. The molecule has 1 aromatic rings. The Morgan fingerprint density at radius 2 is 2.00 bits per heavy atom. The molecule has 5 nitrogen and oxygen atoms in total. The van der Waals surface area contributed by atoms with Crippen LogP contribution in [0, 0.1) is 0 Å². The number of rotatable bonds is 5. The zero-order chi connectivity index (χ0) is 18.4. The third-order valence-corrected chi connectivity index (χ3v) is 6.38. The van der Waals surface area contributed by atoms with Gasteiger partial charge in [-0.1, -0.05) is 24.8 Å². The fourth-order valence-corrected chi connectivity index (χ4v) is 5.55. The second-order valence-corrected chi connectivity index (χ2v) is 9.02. The lowest BCUT2D eigenvalue weighted by molar-refractivity contribution is -0.129. The van der Waals surface area contributed by atoms with Gasteiger partial charge >= 0.3 is 0 Å². The molecule has 0 aromatic heterocycles. The van der Waals surface area contributed by atoms with Gasteiger partial charge in [-0.3, -0.25) is 9.59 Å². The molecule has 0 saturated carbocycles. The standard InChI is InChI=1S/C18H22N2O3S2/c1-10-13(16-20(10)14(17(22)24)18(3,4)25-16)19-15(21)11(2)23-12-8-6-5-7-9-12/h5-9,11,13-14,16H,1H2,2-4H3,(H,19,21)(H,22,24). The number of thioether (sulfide) groups is 1. The summed E-state index contributed by atoms with van der Waals surface area (Å²) < 4.78 is 5.38. The highest BCUT2D eigenvalue weighted by Gasteiger charge is 2.60. The van der Waals surface area contributed by atoms with Crippen molar-refractivity contribution < 1.29 is 14.3 Å². The average Bonchev–Trinajstić information content (AvgIpc) is 2.81. The molecule has 1 N–H and O–H groups in total. The fraction of sp³-hybridized carbons (Fsp3) is 0.444. The minimum Gasteiger partial charge on any atom is -0.481 e. The number of nitrogens with zero attached hydrogens (tertiary/aromatic N) is 1. The van der Waals surface area contributed by atoms with E-state index in [0.717, 1.165) is 5.70 Å². The van der Waals surface area contributed by atoms with Gasteiger partial charge in [-0.15, -0.1) is 24.4 Å². The summed E-state index contributed by atoms with van der Waals surface area (Å²) in [5, 5.41) is 2.82. The van der Waals surface area contributed by atoms with Gasteiger partial charge in [0.15, 0.2) is 6.10 Å². The second kappa shape index (κ2) is 6.61. The molecule has 2 saturated heterocycles. The average molecular weight is 379 g/mol. The molecule has 0 radical (unpaired) electrons. The molecule has 4 unspecified atom stereocenters. The lowest BCUT2D eigenvalue weighted by atomic mass is 9.95. The Kier molecular flexibility index (Phi) is 4.81. The van der Waals surface area contributed by atoms with Crippen LogP contribution in [0.5, 0.6) is 5.75 Å². The van der Waals surface area contributed by atoms with Crippen LogP contribution in [0.2, 0.25) is 0 Å². The third-order valence-electron chi connectivity index (χ3n) is 4.57. The van der Waals surface area contributed by atoms with Crippen LogP contribution in [0.15, 0.2) is 42.6 Å². The van der Waals surface area contributed by atoms with E-state index in [0.29, 0.717) is 5.75 Å². The largest absolute Gasteiger partial charge is 0.481 e. The van der Waals surface area contributed by atoms with Crippen LogP contribution in [0.25, 0.3) is 0 Å². The summed E-state index contributed by atoms with van der Waals surface area (Å²) >= 11 is 5.69. The topological polar surface area (TPSA) is 58.6 Å². The van der Waals surface area contributed by atoms with Gasteiger partial charge in [-0.25, -0.2) is 0 Å². The molecule has 0 bridgehead atoms. The van der Waals surface area contributed by atoms with E-state index in [9.17, 15) is 9.59 Å². The van der Waals surface area contributed by atoms with E-state index >= 15 is 0 Å². The van der Waals surface area contributed by atoms with Crippen LogP contribution in [0.4, 0.5) is 0 Å². The SMILES string of the molecule is C=C1C(NC(=O)C(C)Oc2ccccc2)C2SC(C)(C)C(C(=O)S)N12. The van der Waals surface area contributed by atoms with E-state index in [4.69, 9.17) is 4.74 Å². The van der Waals surface area contributed by atoms with Gasteiger partial charge < -0.3 is 15.0 Å². The smallest absolute Gasteiger partial charge is 0.261 e. The number of fused-ring (bicyclic) bond motifs is 1. The van der Waals surface area contributed by atoms with Crippen LogP contribution in [-0.4, -0.2) is 44.2 Å². The van der Waals surface area contributed by atoms with E-state index in [1.165, 1.54) is 0 Å². The molecule has 4 atom stereocenters. The summed E-state index contributed by atoms with van der Waals surface area (Å²) in [4.78, 5) is 26.3. The molecule has 0 spiro atoms. The zero-order valence-electron chi connectivity index (χ0n) is 14.4. The first-order valence-electron chi connectivity index (χ1n) is 8.12. The van der Waals surface area contributed by atoms with Crippen LogP contribution in [0.1, 0.15) is 20.8 Å². The lowest BCUT2D eigenvalue weighted by Crippen LogP contribution is -2.65. The number of hydrogen-bond donors (Lipinski definition) is 2. The van der Waals surface area contributed by atoms with Gasteiger partial charge in [0.25, 0.3) is 5.91 Å². The Labute approximate surface area is 157 Å². The molecule has 134 valence electrons. The Balaban J connectivity index is 1.64. The summed E-state index contributed by atoms with van der Waals surface area (Å²) in [7, 11) is 0. The number of carbonyl (C=O) groups excluding carboxylic acids is 2. The molecule has 1 amide bonds. The maximum absolute atomic E-state index is 12.5. The highest BCUT2D eigenvalue weighted by Crippen LogP contribution is 2.54. The molecule has 3 rings (SSSR count). The van der Waals surface area contributed by atoms with Crippen molar-refractivity contribution in [1.29, 1.82) is 0 Å². The van der Waals surface area contributed by atoms with Crippen LogP contribution in [0.3, 0.4) is 0 Å². The summed E-state index contributed by atoms with van der Waals surface area (Å²) in [6.07, 6.45) is -0.619. The number of para-hydroxylation sites is 1.